The van der Waals surface area contributed by atoms with Crippen molar-refractivity contribution in [3.8, 4) is 5.75 Å². The third-order valence-corrected chi connectivity index (χ3v) is 4.50. The molecule has 0 aliphatic heterocycles. The summed E-state index contributed by atoms with van der Waals surface area (Å²) in [4.78, 5) is 12.1. The van der Waals surface area contributed by atoms with Gasteiger partial charge in [0, 0.05) is 16.6 Å². The van der Waals surface area contributed by atoms with Gasteiger partial charge in [0.05, 0.1) is 10.6 Å². The molecule has 0 aliphatic carbocycles. The highest BCUT2D eigenvalue weighted by Crippen LogP contribution is 2.34. The first-order valence-electron chi connectivity index (χ1n) is 7.16. The van der Waals surface area contributed by atoms with E-state index in [1.165, 1.54) is 36.4 Å². The number of anilines is 2. The fourth-order valence-electron chi connectivity index (χ4n) is 2.45. The van der Waals surface area contributed by atoms with Gasteiger partial charge in [0.1, 0.15) is 5.75 Å². The molecule has 0 bridgehead atoms. The Balaban J connectivity index is 2.06. The van der Waals surface area contributed by atoms with Gasteiger partial charge in [0.25, 0.3) is 16.0 Å². The molecule has 25 heavy (non-hydrogen) atoms. The van der Waals surface area contributed by atoms with Gasteiger partial charge >= 0.3 is 0 Å². The maximum Gasteiger partial charge on any atom is 0.294 e. The van der Waals surface area contributed by atoms with E-state index in [0.717, 1.165) is 0 Å². The Labute approximate surface area is 143 Å². The Morgan fingerprint density at radius 3 is 2.48 bits per heavy atom. The average molecular weight is 358 g/mol. The number of nitrogens with two attached hydrogens (primary N) is 1. The number of nitrogen functional groups attached to an aromatic ring is 1. The summed E-state index contributed by atoms with van der Waals surface area (Å²) in [7, 11) is -4.35. The summed E-state index contributed by atoms with van der Waals surface area (Å²) in [5.41, 5.74) is 6.52. The van der Waals surface area contributed by atoms with Gasteiger partial charge in [-0.2, -0.15) is 8.42 Å². The van der Waals surface area contributed by atoms with Gasteiger partial charge in [0.15, 0.2) is 0 Å². The number of amides is 1. The summed E-state index contributed by atoms with van der Waals surface area (Å²) in [5, 5.41) is 13.5. The molecule has 0 radical (unpaired) electrons. The number of aromatic hydroxyl groups is 1. The molecule has 5 N–H and O–H groups in total. The van der Waals surface area contributed by atoms with Crippen LogP contribution in [-0.2, 0) is 10.1 Å². The number of benzene rings is 3. The van der Waals surface area contributed by atoms with Crippen LogP contribution in [0.5, 0.6) is 5.75 Å². The normalized spacial score (nSPS) is 11.4. The summed E-state index contributed by atoms with van der Waals surface area (Å²) < 4.78 is 31.6. The van der Waals surface area contributed by atoms with Gasteiger partial charge < -0.3 is 16.2 Å². The number of phenols is 1. The Morgan fingerprint density at radius 2 is 1.80 bits per heavy atom. The molecule has 0 aliphatic rings. The molecule has 0 saturated carbocycles. The molecule has 0 unspecified atom stereocenters. The van der Waals surface area contributed by atoms with E-state index in [-0.39, 0.29) is 16.3 Å². The number of carbonyl (C=O) groups excluding carboxylic acids is 1. The van der Waals surface area contributed by atoms with Crippen LogP contribution in [0, 0.1) is 0 Å². The smallest absolute Gasteiger partial charge is 0.294 e. The largest absolute Gasteiger partial charge is 0.506 e. The number of hydrogen-bond donors (Lipinski definition) is 4. The Kier molecular flexibility index (Phi) is 4.07. The molecule has 0 saturated heterocycles. The topological polar surface area (TPSA) is 130 Å². The molecular formula is C17H14N2O5S. The summed E-state index contributed by atoms with van der Waals surface area (Å²) in [6.07, 6.45) is 0. The first kappa shape index (κ1) is 16.7. The molecule has 0 aromatic heterocycles. The van der Waals surface area contributed by atoms with Crippen LogP contribution >= 0.6 is 0 Å². The van der Waals surface area contributed by atoms with Gasteiger partial charge in [0.2, 0.25) is 0 Å². The van der Waals surface area contributed by atoms with Crippen molar-refractivity contribution in [3.05, 3.63) is 60.2 Å². The molecule has 7 nitrogen and oxygen atoms in total. The van der Waals surface area contributed by atoms with Crippen molar-refractivity contribution in [2.45, 2.75) is 4.90 Å². The van der Waals surface area contributed by atoms with Crippen molar-refractivity contribution in [2.75, 3.05) is 11.1 Å². The van der Waals surface area contributed by atoms with E-state index in [1.54, 1.807) is 18.2 Å². The monoisotopic (exact) mass is 358 g/mol. The fraction of sp³-hybridized carbons (Fsp3) is 0. The van der Waals surface area contributed by atoms with Crippen molar-refractivity contribution in [2.24, 2.45) is 0 Å². The Hall–Kier alpha value is -3.10. The molecular weight excluding hydrogens is 344 g/mol. The zero-order chi connectivity index (χ0) is 18.2. The van der Waals surface area contributed by atoms with Gasteiger partial charge in [-0.25, -0.2) is 0 Å². The van der Waals surface area contributed by atoms with Crippen LogP contribution in [0.1, 0.15) is 10.4 Å². The minimum absolute atomic E-state index is 0.131. The van der Waals surface area contributed by atoms with E-state index in [9.17, 15) is 18.3 Å². The minimum atomic E-state index is -4.35. The first-order valence-corrected chi connectivity index (χ1v) is 8.60. The quantitative estimate of drug-likeness (QED) is 0.323. The van der Waals surface area contributed by atoms with Crippen LogP contribution in [0.3, 0.4) is 0 Å². The molecule has 0 heterocycles. The summed E-state index contributed by atoms with van der Waals surface area (Å²) in [6, 6.07) is 13.0. The predicted octanol–water partition coefficient (Wildman–Crippen LogP) is 2.63. The van der Waals surface area contributed by atoms with E-state index in [2.05, 4.69) is 5.32 Å². The number of carbonyl (C=O) groups is 1. The van der Waals surface area contributed by atoms with Crippen LogP contribution in [0.15, 0.2) is 59.5 Å². The fourth-order valence-corrected chi connectivity index (χ4v) is 2.97. The molecule has 0 atom stereocenters. The predicted molar refractivity (Wildman–Crippen MR) is 94.2 cm³/mol. The maximum atomic E-state index is 12.4. The van der Waals surface area contributed by atoms with Crippen LogP contribution in [0.2, 0.25) is 0 Å². The second-order valence-corrected chi connectivity index (χ2v) is 6.82. The van der Waals surface area contributed by atoms with Gasteiger partial charge in [-0.3, -0.25) is 9.35 Å². The van der Waals surface area contributed by atoms with Crippen molar-refractivity contribution in [1.29, 1.82) is 0 Å². The van der Waals surface area contributed by atoms with Gasteiger partial charge in [-0.05, 0) is 41.8 Å². The third kappa shape index (κ3) is 3.39. The van der Waals surface area contributed by atoms with Crippen LogP contribution < -0.4 is 11.1 Å². The van der Waals surface area contributed by atoms with Crippen LogP contribution in [-0.4, -0.2) is 24.0 Å². The van der Waals surface area contributed by atoms with Crippen molar-refractivity contribution in [1.82, 2.24) is 0 Å². The van der Waals surface area contributed by atoms with Crippen molar-refractivity contribution >= 4 is 38.2 Å². The second kappa shape index (κ2) is 6.08. The molecule has 3 aromatic carbocycles. The number of phenolic OH excluding ortho intramolecular Hbond substituents is 1. The second-order valence-electron chi connectivity index (χ2n) is 5.40. The Bertz CT molecular complexity index is 1090. The molecule has 0 spiro atoms. The lowest BCUT2D eigenvalue weighted by molar-refractivity contribution is 0.102. The highest BCUT2D eigenvalue weighted by Gasteiger charge is 2.15. The molecule has 3 rings (SSSR count). The van der Waals surface area contributed by atoms with E-state index < -0.39 is 16.0 Å². The van der Waals surface area contributed by atoms with Gasteiger partial charge in [-0.1, -0.05) is 18.2 Å². The molecule has 3 aromatic rings. The highest BCUT2D eigenvalue weighted by atomic mass is 32.2. The number of fused-ring (bicyclic) bond motifs is 1. The SMILES string of the molecule is Nc1cccc(C(=O)Nc2c(O)ccc3cc(S(=O)(=O)O)ccc23)c1. The first-order chi connectivity index (χ1) is 11.8. The Morgan fingerprint density at radius 1 is 1.04 bits per heavy atom. The zero-order valence-electron chi connectivity index (χ0n) is 12.8. The van der Waals surface area contributed by atoms with Crippen molar-refractivity contribution in [3.63, 3.8) is 0 Å². The number of nitrogens with one attached hydrogen (secondary N) is 1. The van der Waals surface area contributed by atoms with Crippen LogP contribution in [0.4, 0.5) is 11.4 Å². The lowest BCUT2D eigenvalue weighted by Crippen LogP contribution is -2.12. The van der Waals surface area contributed by atoms with E-state index in [0.29, 0.717) is 22.0 Å². The number of rotatable bonds is 3. The summed E-state index contributed by atoms with van der Waals surface area (Å²) in [5.74, 6) is -0.654. The lowest BCUT2D eigenvalue weighted by Gasteiger charge is -2.12. The van der Waals surface area contributed by atoms with E-state index in [1.807, 2.05) is 0 Å². The van der Waals surface area contributed by atoms with Crippen LogP contribution in [0.25, 0.3) is 10.8 Å². The zero-order valence-corrected chi connectivity index (χ0v) is 13.6. The maximum absolute atomic E-state index is 12.4. The van der Waals surface area contributed by atoms with E-state index >= 15 is 0 Å². The molecule has 0 fully saturated rings. The summed E-state index contributed by atoms with van der Waals surface area (Å²) >= 11 is 0. The molecule has 8 heteroatoms. The minimum Gasteiger partial charge on any atom is -0.506 e. The molecule has 1 amide bonds. The van der Waals surface area contributed by atoms with E-state index in [4.69, 9.17) is 10.3 Å². The molecule has 128 valence electrons. The standard InChI is InChI=1S/C17H14N2O5S/c18-12-3-1-2-11(8-12)17(21)19-16-14-6-5-13(25(22,23)24)9-10(14)4-7-15(16)20/h1-9,20H,18H2,(H,19,21)(H,22,23,24). The van der Waals surface area contributed by atoms with Gasteiger partial charge in [-0.15, -0.1) is 0 Å². The third-order valence-electron chi connectivity index (χ3n) is 3.65. The lowest BCUT2D eigenvalue weighted by atomic mass is 10.1. The average Bonchev–Trinajstić information content (AvgIpc) is 2.56. The highest BCUT2D eigenvalue weighted by molar-refractivity contribution is 7.85. The summed E-state index contributed by atoms with van der Waals surface area (Å²) in [6.45, 7) is 0. The van der Waals surface area contributed by atoms with Crippen molar-refractivity contribution < 1.29 is 22.9 Å². The number of hydrogen-bond acceptors (Lipinski definition) is 5.